The van der Waals surface area contributed by atoms with Crippen LogP contribution in [0.2, 0.25) is 0 Å². The van der Waals surface area contributed by atoms with Crippen molar-refractivity contribution >= 4 is 16.7 Å². The van der Waals surface area contributed by atoms with E-state index in [-0.39, 0.29) is 0 Å². The highest BCUT2D eigenvalue weighted by Gasteiger charge is 2.17. The molecule has 2 aromatic rings. The van der Waals surface area contributed by atoms with E-state index in [2.05, 4.69) is 36.9 Å². The van der Waals surface area contributed by atoms with Gasteiger partial charge in [0.25, 0.3) is 0 Å². The first-order chi connectivity index (χ1) is 10.7. The average molecular weight is 297 g/mol. The summed E-state index contributed by atoms with van der Waals surface area (Å²) >= 11 is 0. The predicted molar refractivity (Wildman–Crippen MR) is 94.7 cm³/mol. The van der Waals surface area contributed by atoms with E-state index in [1.165, 1.54) is 47.2 Å². The van der Waals surface area contributed by atoms with E-state index < -0.39 is 0 Å². The summed E-state index contributed by atoms with van der Waals surface area (Å²) in [7, 11) is 0. The molecule has 2 heterocycles. The molecule has 3 heteroatoms. The van der Waals surface area contributed by atoms with E-state index in [9.17, 15) is 0 Å². The zero-order chi connectivity index (χ0) is 15.5. The summed E-state index contributed by atoms with van der Waals surface area (Å²) in [4.78, 5) is 7.56. The van der Waals surface area contributed by atoms with E-state index in [1.54, 1.807) is 0 Å². The Morgan fingerprint density at radius 3 is 2.59 bits per heavy atom. The van der Waals surface area contributed by atoms with Crippen molar-refractivity contribution in [3.8, 4) is 0 Å². The first-order valence-electron chi connectivity index (χ1n) is 8.55. The van der Waals surface area contributed by atoms with Crippen molar-refractivity contribution in [2.75, 3.05) is 24.5 Å². The van der Waals surface area contributed by atoms with Gasteiger partial charge in [-0.25, -0.2) is 4.98 Å². The number of benzene rings is 1. The molecule has 1 aromatic heterocycles. The number of rotatable bonds is 4. The SMILES string of the molecule is Cc1cc(C)c2nc(N3CCCCC3)c(CCCN)cc2c1. The van der Waals surface area contributed by atoms with Gasteiger partial charge in [-0.3, -0.25) is 0 Å². The summed E-state index contributed by atoms with van der Waals surface area (Å²) in [5.41, 5.74) is 10.8. The summed E-state index contributed by atoms with van der Waals surface area (Å²) in [6, 6.07) is 6.83. The van der Waals surface area contributed by atoms with Crippen LogP contribution in [0.15, 0.2) is 18.2 Å². The maximum Gasteiger partial charge on any atom is 0.132 e. The van der Waals surface area contributed by atoms with Gasteiger partial charge in [0.1, 0.15) is 5.82 Å². The molecule has 0 bridgehead atoms. The molecule has 0 amide bonds. The number of aromatic nitrogens is 1. The largest absolute Gasteiger partial charge is 0.356 e. The van der Waals surface area contributed by atoms with E-state index in [0.717, 1.165) is 38.0 Å². The van der Waals surface area contributed by atoms with Gasteiger partial charge in [0.2, 0.25) is 0 Å². The Kier molecular flexibility index (Phi) is 4.63. The molecule has 0 saturated carbocycles. The maximum atomic E-state index is 5.73. The van der Waals surface area contributed by atoms with Crippen LogP contribution in [0.25, 0.3) is 10.9 Å². The van der Waals surface area contributed by atoms with Crippen LogP contribution in [0.4, 0.5) is 5.82 Å². The molecule has 1 aromatic carbocycles. The molecular formula is C19H27N3. The number of nitrogens with two attached hydrogens (primary N) is 1. The minimum Gasteiger partial charge on any atom is -0.356 e. The van der Waals surface area contributed by atoms with E-state index in [0.29, 0.717) is 0 Å². The topological polar surface area (TPSA) is 42.2 Å². The number of hydrogen-bond acceptors (Lipinski definition) is 3. The number of nitrogens with zero attached hydrogens (tertiary/aromatic N) is 2. The van der Waals surface area contributed by atoms with Crippen molar-refractivity contribution in [3.05, 3.63) is 34.9 Å². The molecule has 0 spiro atoms. The molecule has 3 rings (SSSR count). The Morgan fingerprint density at radius 1 is 1.09 bits per heavy atom. The number of pyridine rings is 1. The number of fused-ring (bicyclic) bond motifs is 1. The number of aryl methyl sites for hydroxylation is 3. The van der Waals surface area contributed by atoms with Crippen LogP contribution in [0, 0.1) is 13.8 Å². The van der Waals surface area contributed by atoms with E-state index in [1.807, 2.05) is 0 Å². The third-order valence-corrected chi connectivity index (χ3v) is 4.61. The third kappa shape index (κ3) is 3.09. The zero-order valence-electron chi connectivity index (χ0n) is 13.9. The molecule has 0 unspecified atom stereocenters. The minimum absolute atomic E-state index is 0.740. The van der Waals surface area contributed by atoms with Crippen molar-refractivity contribution in [1.29, 1.82) is 0 Å². The van der Waals surface area contributed by atoms with Crippen LogP contribution in [-0.2, 0) is 6.42 Å². The van der Waals surface area contributed by atoms with Crippen molar-refractivity contribution < 1.29 is 0 Å². The molecule has 3 nitrogen and oxygen atoms in total. The molecule has 1 aliphatic rings. The van der Waals surface area contributed by atoms with Crippen LogP contribution in [-0.4, -0.2) is 24.6 Å². The Morgan fingerprint density at radius 2 is 1.86 bits per heavy atom. The Hall–Kier alpha value is -1.61. The van der Waals surface area contributed by atoms with Crippen molar-refractivity contribution in [2.45, 2.75) is 46.0 Å². The highest BCUT2D eigenvalue weighted by Crippen LogP contribution is 2.29. The van der Waals surface area contributed by atoms with Gasteiger partial charge in [0, 0.05) is 18.5 Å². The van der Waals surface area contributed by atoms with Gasteiger partial charge in [-0.2, -0.15) is 0 Å². The van der Waals surface area contributed by atoms with Gasteiger partial charge in [-0.1, -0.05) is 11.6 Å². The molecule has 1 saturated heterocycles. The van der Waals surface area contributed by atoms with Crippen LogP contribution in [0.3, 0.4) is 0 Å². The predicted octanol–water partition coefficient (Wildman–Crippen LogP) is 3.73. The monoisotopic (exact) mass is 297 g/mol. The summed E-state index contributed by atoms with van der Waals surface area (Å²) in [6.45, 7) is 7.34. The van der Waals surface area contributed by atoms with Crippen molar-refractivity contribution in [1.82, 2.24) is 4.98 Å². The molecule has 0 atom stereocenters. The van der Waals surface area contributed by atoms with Crippen LogP contribution >= 0.6 is 0 Å². The van der Waals surface area contributed by atoms with Crippen LogP contribution in [0.5, 0.6) is 0 Å². The lowest BCUT2D eigenvalue weighted by atomic mass is 10.0. The summed E-state index contributed by atoms with van der Waals surface area (Å²) in [6.07, 6.45) is 5.96. The minimum atomic E-state index is 0.740. The molecule has 1 aliphatic heterocycles. The summed E-state index contributed by atoms with van der Waals surface area (Å²) < 4.78 is 0. The summed E-state index contributed by atoms with van der Waals surface area (Å²) in [5, 5.41) is 1.27. The number of piperidine rings is 1. The Bertz CT molecular complexity index is 657. The normalized spacial score (nSPS) is 15.5. The van der Waals surface area contributed by atoms with Crippen molar-refractivity contribution in [3.63, 3.8) is 0 Å². The first-order valence-corrected chi connectivity index (χ1v) is 8.55. The fraction of sp³-hybridized carbons (Fsp3) is 0.526. The average Bonchev–Trinajstić information content (AvgIpc) is 2.53. The fourth-order valence-corrected chi connectivity index (χ4v) is 3.54. The molecule has 1 fully saturated rings. The second kappa shape index (κ2) is 6.66. The van der Waals surface area contributed by atoms with Gasteiger partial charge in [0.15, 0.2) is 0 Å². The molecule has 2 N–H and O–H groups in total. The van der Waals surface area contributed by atoms with E-state index >= 15 is 0 Å². The second-order valence-corrected chi connectivity index (χ2v) is 6.56. The van der Waals surface area contributed by atoms with Gasteiger partial charge in [-0.05, 0) is 75.8 Å². The maximum absolute atomic E-state index is 5.73. The van der Waals surface area contributed by atoms with Gasteiger partial charge in [0.05, 0.1) is 5.52 Å². The number of anilines is 1. The molecule has 0 aliphatic carbocycles. The quantitative estimate of drug-likeness (QED) is 0.935. The molecule has 0 radical (unpaired) electrons. The standard InChI is InChI=1S/C19H27N3/c1-14-11-15(2)18-17(12-14)13-16(7-6-8-20)19(21-18)22-9-4-3-5-10-22/h11-13H,3-10,20H2,1-2H3. The second-order valence-electron chi connectivity index (χ2n) is 6.56. The Balaban J connectivity index is 2.09. The van der Waals surface area contributed by atoms with Gasteiger partial charge < -0.3 is 10.6 Å². The lowest BCUT2D eigenvalue weighted by Crippen LogP contribution is -2.31. The van der Waals surface area contributed by atoms with Crippen molar-refractivity contribution in [2.24, 2.45) is 5.73 Å². The van der Waals surface area contributed by atoms with E-state index in [4.69, 9.17) is 10.7 Å². The fourth-order valence-electron chi connectivity index (χ4n) is 3.54. The van der Waals surface area contributed by atoms with Gasteiger partial charge in [-0.15, -0.1) is 0 Å². The Labute approximate surface area is 133 Å². The third-order valence-electron chi connectivity index (χ3n) is 4.61. The smallest absolute Gasteiger partial charge is 0.132 e. The lowest BCUT2D eigenvalue weighted by Gasteiger charge is -2.30. The highest BCUT2D eigenvalue weighted by atomic mass is 15.2. The first kappa shape index (κ1) is 15.3. The molecule has 22 heavy (non-hydrogen) atoms. The number of hydrogen-bond donors (Lipinski definition) is 1. The highest BCUT2D eigenvalue weighted by molar-refractivity contribution is 5.85. The van der Waals surface area contributed by atoms with Crippen LogP contribution in [0.1, 0.15) is 42.4 Å². The molecular weight excluding hydrogens is 270 g/mol. The van der Waals surface area contributed by atoms with Gasteiger partial charge >= 0.3 is 0 Å². The zero-order valence-corrected chi connectivity index (χ0v) is 13.9. The van der Waals surface area contributed by atoms with Crippen LogP contribution < -0.4 is 10.6 Å². The molecule has 118 valence electrons. The lowest BCUT2D eigenvalue weighted by molar-refractivity contribution is 0.572. The summed E-state index contributed by atoms with van der Waals surface area (Å²) in [5.74, 6) is 1.20.